The lowest BCUT2D eigenvalue weighted by Gasteiger charge is -2.30. The van der Waals surface area contributed by atoms with Crippen LogP contribution < -0.4 is 5.32 Å². The van der Waals surface area contributed by atoms with Crippen molar-refractivity contribution in [1.82, 2.24) is 14.5 Å². The van der Waals surface area contributed by atoms with Crippen LogP contribution in [-0.4, -0.2) is 63.5 Å². The van der Waals surface area contributed by atoms with Crippen LogP contribution in [-0.2, 0) is 21.2 Å². The number of nitrogens with zero attached hydrogens (tertiary/aromatic N) is 2. The third kappa shape index (κ3) is 5.53. The van der Waals surface area contributed by atoms with Crippen LogP contribution in [0.25, 0.3) is 0 Å². The maximum atomic E-state index is 12.5. The summed E-state index contributed by atoms with van der Waals surface area (Å²) in [6.45, 7) is 3.52. The second-order valence-corrected chi connectivity index (χ2v) is 9.24. The minimum atomic E-state index is -3.16. The second-order valence-electron chi connectivity index (χ2n) is 7.26. The lowest BCUT2D eigenvalue weighted by atomic mass is 9.96. The number of amides is 1. The molecule has 1 N–H and O–H groups in total. The molecule has 1 atom stereocenters. The summed E-state index contributed by atoms with van der Waals surface area (Å²) in [5, 5.41) is 3.07. The Morgan fingerprint density at radius 2 is 1.81 bits per heavy atom. The van der Waals surface area contributed by atoms with Crippen LogP contribution in [0.5, 0.6) is 0 Å². The number of benzene rings is 1. The van der Waals surface area contributed by atoms with Crippen molar-refractivity contribution in [3.05, 3.63) is 35.4 Å². The number of hydrogen-bond donors (Lipinski definition) is 1. The monoisotopic (exact) mass is 381 g/mol. The summed E-state index contributed by atoms with van der Waals surface area (Å²) in [4.78, 5) is 14.6. The Labute approximate surface area is 157 Å². The van der Waals surface area contributed by atoms with E-state index in [9.17, 15) is 13.2 Å². The molecule has 0 aromatic heterocycles. The zero-order valence-corrected chi connectivity index (χ0v) is 17.1. The molecule has 1 aliphatic heterocycles. The summed E-state index contributed by atoms with van der Waals surface area (Å²) in [5.74, 6) is -0.0894. The van der Waals surface area contributed by atoms with Gasteiger partial charge in [-0.1, -0.05) is 31.2 Å². The Bertz CT molecular complexity index is 693. The largest absolute Gasteiger partial charge is 0.354 e. The van der Waals surface area contributed by atoms with Crippen LogP contribution in [0.1, 0.15) is 36.9 Å². The Kier molecular flexibility index (Phi) is 7.20. The van der Waals surface area contributed by atoms with Crippen LogP contribution in [0.15, 0.2) is 24.3 Å². The summed E-state index contributed by atoms with van der Waals surface area (Å²) >= 11 is 0. The summed E-state index contributed by atoms with van der Waals surface area (Å²) in [6.07, 6.45) is 3.39. The first-order chi connectivity index (χ1) is 12.2. The molecule has 146 valence electrons. The van der Waals surface area contributed by atoms with Crippen LogP contribution in [0.3, 0.4) is 0 Å². The lowest BCUT2D eigenvalue weighted by molar-refractivity contribution is -0.126. The molecular weight excluding hydrogens is 350 g/mol. The molecular formula is C19H31N3O3S. The van der Waals surface area contributed by atoms with Gasteiger partial charge in [0.15, 0.2) is 0 Å². The first kappa shape index (κ1) is 20.9. The number of aryl methyl sites for hydroxylation is 1. The van der Waals surface area contributed by atoms with Gasteiger partial charge in [0, 0.05) is 25.6 Å². The number of hydrogen-bond acceptors (Lipinski definition) is 4. The minimum Gasteiger partial charge on any atom is -0.354 e. The van der Waals surface area contributed by atoms with Gasteiger partial charge < -0.3 is 10.2 Å². The predicted molar refractivity (Wildman–Crippen MR) is 104 cm³/mol. The SMILES string of the molecule is CCc1ccc([C@H](CNC(=O)C2CCN(S(C)(=O)=O)CC2)N(C)C)cc1. The molecule has 1 heterocycles. The van der Waals surface area contributed by atoms with E-state index in [-0.39, 0.29) is 17.9 Å². The number of rotatable bonds is 7. The summed E-state index contributed by atoms with van der Waals surface area (Å²) < 4.78 is 24.6. The Morgan fingerprint density at radius 3 is 2.27 bits per heavy atom. The molecule has 0 unspecified atom stereocenters. The number of nitrogens with one attached hydrogen (secondary N) is 1. The minimum absolute atomic E-state index is 0.0233. The highest BCUT2D eigenvalue weighted by molar-refractivity contribution is 7.88. The van der Waals surface area contributed by atoms with Gasteiger partial charge in [0.2, 0.25) is 15.9 Å². The van der Waals surface area contributed by atoms with E-state index in [2.05, 4.69) is 41.4 Å². The maximum Gasteiger partial charge on any atom is 0.223 e. The molecule has 0 spiro atoms. The molecule has 7 heteroatoms. The van der Waals surface area contributed by atoms with Gasteiger partial charge in [-0.15, -0.1) is 0 Å². The van der Waals surface area contributed by atoms with E-state index in [0.717, 1.165) is 6.42 Å². The predicted octanol–water partition coefficient (Wildman–Crippen LogP) is 1.64. The van der Waals surface area contributed by atoms with Gasteiger partial charge in [-0.3, -0.25) is 4.79 Å². The van der Waals surface area contributed by atoms with Gasteiger partial charge in [-0.05, 0) is 44.5 Å². The van der Waals surface area contributed by atoms with Crippen molar-refractivity contribution in [2.24, 2.45) is 5.92 Å². The zero-order chi connectivity index (χ0) is 19.3. The van der Waals surface area contributed by atoms with Crippen molar-refractivity contribution < 1.29 is 13.2 Å². The van der Waals surface area contributed by atoms with Gasteiger partial charge in [-0.2, -0.15) is 0 Å². The van der Waals surface area contributed by atoms with Gasteiger partial charge in [0.05, 0.1) is 12.3 Å². The Balaban J connectivity index is 1.91. The third-order valence-electron chi connectivity index (χ3n) is 5.16. The fourth-order valence-corrected chi connectivity index (χ4v) is 4.24. The van der Waals surface area contributed by atoms with Gasteiger partial charge in [-0.25, -0.2) is 12.7 Å². The van der Waals surface area contributed by atoms with E-state index in [1.165, 1.54) is 21.7 Å². The van der Waals surface area contributed by atoms with Gasteiger partial charge in [0.25, 0.3) is 0 Å². The highest BCUT2D eigenvalue weighted by Crippen LogP contribution is 2.21. The number of carbonyl (C=O) groups is 1. The van der Waals surface area contributed by atoms with Crippen molar-refractivity contribution in [2.45, 2.75) is 32.2 Å². The molecule has 26 heavy (non-hydrogen) atoms. The van der Waals surface area contributed by atoms with E-state index in [1.807, 2.05) is 14.1 Å². The van der Waals surface area contributed by atoms with Crippen molar-refractivity contribution >= 4 is 15.9 Å². The Morgan fingerprint density at radius 1 is 1.23 bits per heavy atom. The topological polar surface area (TPSA) is 69.7 Å². The molecule has 1 saturated heterocycles. The van der Waals surface area contributed by atoms with Crippen LogP contribution in [0.2, 0.25) is 0 Å². The molecule has 1 fully saturated rings. The number of sulfonamides is 1. The summed E-state index contributed by atoms with van der Waals surface area (Å²) in [7, 11) is 0.859. The quantitative estimate of drug-likeness (QED) is 0.780. The molecule has 0 saturated carbocycles. The fourth-order valence-electron chi connectivity index (χ4n) is 3.37. The molecule has 1 aliphatic rings. The molecule has 0 bridgehead atoms. The van der Waals surface area contributed by atoms with Gasteiger partial charge in [0.1, 0.15) is 0 Å². The fraction of sp³-hybridized carbons (Fsp3) is 0.632. The zero-order valence-electron chi connectivity index (χ0n) is 16.2. The maximum absolute atomic E-state index is 12.5. The molecule has 1 aromatic rings. The molecule has 0 aliphatic carbocycles. The highest BCUT2D eigenvalue weighted by atomic mass is 32.2. The average molecular weight is 382 g/mol. The smallest absolute Gasteiger partial charge is 0.223 e. The van der Waals surface area contributed by atoms with E-state index in [0.29, 0.717) is 32.5 Å². The molecule has 6 nitrogen and oxygen atoms in total. The summed E-state index contributed by atoms with van der Waals surface area (Å²) in [5.41, 5.74) is 2.48. The normalized spacial score (nSPS) is 18.0. The van der Waals surface area contributed by atoms with Crippen molar-refractivity contribution in [2.75, 3.05) is 40.0 Å². The average Bonchev–Trinajstić information content (AvgIpc) is 2.61. The number of carbonyl (C=O) groups excluding carboxylic acids is 1. The van der Waals surface area contributed by atoms with Crippen LogP contribution in [0.4, 0.5) is 0 Å². The highest BCUT2D eigenvalue weighted by Gasteiger charge is 2.29. The van der Waals surface area contributed by atoms with E-state index in [4.69, 9.17) is 0 Å². The van der Waals surface area contributed by atoms with Gasteiger partial charge >= 0.3 is 0 Å². The second kappa shape index (κ2) is 8.97. The number of piperidine rings is 1. The third-order valence-corrected chi connectivity index (χ3v) is 6.46. The lowest BCUT2D eigenvalue weighted by Crippen LogP contribution is -2.44. The van der Waals surface area contributed by atoms with Crippen molar-refractivity contribution in [1.29, 1.82) is 0 Å². The Hall–Kier alpha value is -1.44. The molecule has 1 amide bonds. The van der Waals surface area contributed by atoms with E-state index in [1.54, 1.807) is 0 Å². The van der Waals surface area contributed by atoms with E-state index < -0.39 is 10.0 Å². The molecule has 2 rings (SSSR count). The molecule has 1 aromatic carbocycles. The van der Waals surface area contributed by atoms with Crippen molar-refractivity contribution in [3.8, 4) is 0 Å². The summed E-state index contributed by atoms with van der Waals surface area (Å²) in [6, 6.07) is 8.63. The number of likely N-dealkylation sites (N-methyl/N-ethyl adjacent to an activating group) is 1. The standard InChI is InChI=1S/C19H31N3O3S/c1-5-15-6-8-16(9-7-15)18(21(2)3)14-20-19(23)17-10-12-22(13-11-17)26(4,24)25/h6-9,17-18H,5,10-14H2,1-4H3,(H,20,23)/t18-/m0/s1. The first-order valence-corrected chi connectivity index (χ1v) is 11.0. The first-order valence-electron chi connectivity index (χ1n) is 9.20. The molecule has 0 radical (unpaired) electrons. The van der Waals surface area contributed by atoms with Crippen LogP contribution in [0, 0.1) is 5.92 Å². The van der Waals surface area contributed by atoms with Crippen LogP contribution >= 0.6 is 0 Å². The van der Waals surface area contributed by atoms with Crippen molar-refractivity contribution in [3.63, 3.8) is 0 Å². The van der Waals surface area contributed by atoms with E-state index >= 15 is 0 Å².